The Hall–Kier alpha value is -2.69. The minimum Gasteiger partial charge on any atom is -0.461 e. The van der Waals surface area contributed by atoms with Crippen LogP contribution in [0.3, 0.4) is 0 Å². The van der Waals surface area contributed by atoms with E-state index in [1.54, 1.807) is 12.3 Å². The third-order valence-electron chi connectivity index (χ3n) is 4.00. The van der Waals surface area contributed by atoms with E-state index in [-0.39, 0.29) is 29.3 Å². The molecule has 6 nitrogen and oxygen atoms in total. The molecule has 1 amide bonds. The summed E-state index contributed by atoms with van der Waals surface area (Å²) in [5, 5.41) is 16.6. The normalized spacial score (nSPS) is 11.6. The molecule has 0 aliphatic rings. The number of nitrogens with zero attached hydrogens (tertiary/aromatic N) is 1. The van der Waals surface area contributed by atoms with Gasteiger partial charge in [0.1, 0.15) is 11.5 Å². The van der Waals surface area contributed by atoms with Gasteiger partial charge in [0.05, 0.1) is 23.4 Å². The van der Waals surface area contributed by atoms with Crippen LogP contribution < -0.4 is 10.6 Å². The zero-order valence-corrected chi connectivity index (χ0v) is 16.2. The van der Waals surface area contributed by atoms with Crippen LogP contribution in [0.2, 0.25) is 0 Å². The number of carbonyl (C=O) groups excluding carboxylic acids is 1. The molecule has 3 aromatic rings. The van der Waals surface area contributed by atoms with Gasteiger partial charge in [-0.05, 0) is 25.1 Å². The van der Waals surface area contributed by atoms with Crippen molar-refractivity contribution in [2.45, 2.75) is 19.6 Å². The number of alkyl halides is 3. The van der Waals surface area contributed by atoms with E-state index in [0.29, 0.717) is 23.9 Å². The topological polar surface area (TPSA) is 87.4 Å². The van der Waals surface area contributed by atoms with Crippen LogP contribution in [0, 0.1) is 6.92 Å². The molecule has 154 valence electrons. The molecule has 29 heavy (non-hydrogen) atoms. The quantitative estimate of drug-likeness (QED) is 0.497. The number of hydrogen-bond acceptors (Lipinski definition) is 6. The number of amides is 1. The second kappa shape index (κ2) is 8.76. The summed E-state index contributed by atoms with van der Waals surface area (Å²) in [7, 11) is 0. The summed E-state index contributed by atoms with van der Waals surface area (Å²) in [4.78, 5) is 16.8. The highest BCUT2D eigenvalue weighted by molar-refractivity contribution is 7.14. The van der Waals surface area contributed by atoms with Gasteiger partial charge in [-0.1, -0.05) is 12.1 Å². The molecule has 0 saturated carbocycles. The zero-order valence-electron chi connectivity index (χ0n) is 15.3. The highest BCUT2D eigenvalue weighted by atomic mass is 32.1. The number of aryl methyl sites for hydroxylation is 1. The molecule has 10 heteroatoms. The molecule has 2 aromatic heterocycles. The summed E-state index contributed by atoms with van der Waals surface area (Å²) in [6.07, 6.45) is -4.47. The van der Waals surface area contributed by atoms with Gasteiger partial charge in [-0.15, -0.1) is 11.3 Å². The Morgan fingerprint density at radius 2 is 2.10 bits per heavy atom. The molecular formula is C19H18F3N3O3S. The molecule has 0 fully saturated rings. The monoisotopic (exact) mass is 425 g/mol. The second-order valence-corrected chi connectivity index (χ2v) is 7.02. The van der Waals surface area contributed by atoms with E-state index in [0.717, 1.165) is 12.1 Å². The lowest BCUT2D eigenvalue weighted by Gasteiger charge is -2.07. The van der Waals surface area contributed by atoms with E-state index in [1.807, 2.05) is 0 Å². The van der Waals surface area contributed by atoms with Crippen LogP contribution in [0.25, 0.3) is 11.3 Å². The summed E-state index contributed by atoms with van der Waals surface area (Å²) in [6.45, 7) is 2.48. The fraction of sp³-hybridized carbons (Fsp3) is 0.263. The number of nitrogens with one attached hydrogen (secondary N) is 2. The highest BCUT2D eigenvalue weighted by Gasteiger charge is 2.30. The minimum atomic E-state index is -4.47. The number of aliphatic hydroxyl groups is 1. The van der Waals surface area contributed by atoms with Crippen molar-refractivity contribution >= 4 is 22.4 Å². The average molecular weight is 425 g/mol. The minimum absolute atomic E-state index is 0.0156. The highest BCUT2D eigenvalue weighted by Crippen LogP contribution is 2.33. The summed E-state index contributed by atoms with van der Waals surface area (Å²) in [5.74, 6) is -0.00298. The van der Waals surface area contributed by atoms with Crippen molar-refractivity contribution in [2.24, 2.45) is 0 Å². The van der Waals surface area contributed by atoms with E-state index in [1.165, 1.54) is 29.5 Å². The van der Waals surface area contributed by atoms with E-state index >= 15 is 0 Å². The van der Waals surface area contributed by atoms with Crippen LogP contribution in [0.5, 0.6) is 0 Å². The number of hydrogen-bond donors (Lipinski definition) is 3. The van der Waals surface area contributed by atoms with Crippen LogP contribution in [0.15, 0.2) is 40.1 Å². The number of halogens is 3. The Morgan fingerprint density at radius 1 is 1.31 bits per heavy atom. The lowest BCUT2D eigenvalue weighted by atomic mass is 10.1. The van der Waals surface area contributed by atoms with Crippen molar-refractivity contribution in [3.05, 3.63) is 58.3 Å². The summed E-state index contributed by atoms with van der Waals surface area (Å²) in [6, 6.07) is 6.14. The fourth-order valence-corrected chi connectivity index (χ4v) is 3.31. The number of anilines is 1. The molecule has 0 spiro atoms. The van der Waals surface area contributed by atoms with Gasteiger partial charge >= 0.3 is 6.18 Å². The average Bonchev–Trinajstić information content (AvgIpc) is 3.28. The summed E-state index contributed by atoms with van der Waals surface area (Å²) >= 11 is 1.24. The van der Waals surface area contributed by atoms with Crippen molar-refractivity contribution in [1.29, 1.82) is 0 Å². The SMILES string of the molecule is Cc1oc(-c2cccc(C(F)(F)F)c2)cc1C(=O)Nc1nc(CNCCO)cs1. The molecule has 0 saturated heterocycles. The Bertz CT molecular complexity index is 998. The predicted molar refractivity (Wildman–Crippen MR) is 103 cm³/mol. The lowest BCUT2D eigenvalue weighted by Crippen LogP contribution is -2.17. The number of benzene rings is 1. The molecular weight excluding hydrogens is 407 g/mol. The van der Waals surface area contributed by atoms with Gasteiger partial charge in [0.2, 0.25) is 0 Å². The van der Waals surface area contributed by atoms with Gasteiger partial charge in [-0.2, -0.15) is 13.2 Å². The third-order valence-corrected chi connectivity index (χ3v) is 4.81. The number of aromatic nitrogens is 1. The Kier molecular flexibility index (Phi) is 6.36. The molecule has 3 N–H and O–H groups in total. The van der Waals surface area contributed by atoms with Crippen LogP contribution in [0.4, 0.5) is 18.3 Å². The third kappa shape index (κ3) is 5.22. The molecule has 1 aromatic carbocycles. The number of aliphatic hydroxyl groups excluding tert-OH is 1. The maximum Gasteiger partial charge on any atom is 0.416 e. The maximum absolute atomic E-state index is 12.9. The van der Waals surface area contributed by atoms with E-state index in [9.17, 15) is 18.0 Å². The molecule has 0 atom stereocenters. The smallest absolute Gasteiger partial charge is 0.416 e. The van der Waals surface area contributed by atoms with E-state index in [4.69, 9.17) is 9.52 Å². The first-order chi connectivity index (χ1) is 13.8. The first-order valence-electron chi connectivity index (χ1n) is 8.63. The van der Waals surface area contributed by atoms with Crippen LogP contribution in [-0.2, 0) is 12.7 Å². The molecule has 0 bridgehead atoms. The van der Waals surface area contributed by atoms with Crippen LogP contribution >= 0.6 is 11.3 Å². The van der Waals surface area contributed by atoms with Crippen molar-refractivity contribution in [3.63, 3.8) is 0 Å². The van der Waals surface area contributed by atoms with Crippen molar-refractivity contribution in [3.8, 4) is 11.3 Å². The maximum atomic E-state index is 12.9. The number of rotatable bonds is 7. The van der Waals surface area contributed by atoms with Gasteiger partial charge in [0.15, 0.2) is 5.13 Å². The Labute approximate surface area is 168 Å². The van der Waals surface area contributed by atoms with Crippen molar-refractivity contribution < 1.29 is 27.5 Å². The molecule has 3 rings (SSSR count). The molecule has 0 aliphatic carbocycles. The largest absolute Gasteiger partial charge is 0.461 e. The first-order valence-corrected chi connectivity index (χ1v) is 9.51. The lowest BCUT2D eigenvalue weighted by molar-refractivity contribution is -0.137. The Balaban J connectivity index is 1.74. The molecule has 0 aliphatic heterocycles. The van der Waals surface area contributed by atoms with Gasteiger partial charge in [-0.3, -0.25) is 10.1 Å². The number of thiazole rings is 1. The number of carbonyl (C=O) groups is 1. The van der Waals surface area contributed by atoms with Gasteiger partial charge in [-0.25, -0.2) is 4.98 Å². The second-order valence-electron chi connectivity index (χ2n) is 6.16. The van der Waals surface area contributed by atoms with Gasteiger partial charge < -0.3 is 14.8 Å². The van der Waals surface area contributed by atoms with E-state index in [2.05, 4.69) is 15.6 Å². The molecule has 0 radical (unpaired) electrons. The predicted octanol–water partition coefficient (Wildman–Crippen LogP) is 4.06. The van der Waals surface area contributed by atoms with Gasteiger partial charge in [0, 0.05) is 24.0 Å². The van der Waals surface area contributed by atoms with Crippen LogP contribution in [0.1, 0.15) is 27.4 Å². The standard InChI is InChI=1S/C19H18F3N3O3S/c1-11-15(17(27)25-18-24-14(10-29-18)9-23-5-6-26)8-16(28-11)12-3-2-4-13(7-12)19(20,21)22/h2-4,7-8,10,23,26H,5-6,9H2,1H3,(H,24,25,27). The Morgan fingerprint density at radius 3 is 2.83 bits per heavy atom. The van der Waals surface area contributed by atoms with Crippen molar-refractivity contribution in [2.75, 3.05) is 18.5 Å². The summed E-state index contributed by atoms with van der Waals surface area (Å²) in [5.41, 5.74) is 0.369. The fourth-order valence-electron chi connectivity index (χ4n) is 2.60. The zero-order chi connectivity index (χ0) is 21.0. The van der Waals surface area contributed by atoms with E-state index < -0.39 is 17.6 Å². The molecule has 2 heterocycles. The number of furan rings is 1. The van der Waals surface area contributed by atoms with Gasteiger partial charge in [0.25, 0.3) is 5.91 Å². The summed E-state index contributed by atoms with van der Waals surface area (Å²) < 4.78 is 44.3. The molecule has 0 unspecified atom stereocenters. The first kappa shape index (κ1) is 21.0. The van der Waals surface area contributed by atoms with Crippen LogP contribution in [-0.4, -0.2) is 29.1 Å². The van der Waals surface area contributed by atoms with Crippen molar-refractivity contribution in [1.82, 2.24) is 10.3 Å².